The third-order valence-corrected chi connectivity index (χ3v) is 3.23. The van der Waals surface area contributed by atoms with Crippen molar-refractivity contribution < 1.29 is 0 Å². The molecule has 2 heteroatoms. The van der Waals surface area contributed by atoms with Crippen LogP contribution in [0.4, 0.5) is 0 Å². The van der Waals surface area contributed by atoms with Gasteiger partial charge < -0.3 is 0 Å². The van der Waals surface area contributed by atoms with E-state index in [1.165, 1.54) is 16.3 Å². The van der Waals surface area contributed by atoms with E-state index in [-0.39, 0.29) is 0 Å². The third-order valence-electron chi connectivity index (χ3n) is 2.30. The van der Waals surface area contributed by atoms with E-state index in [2.05, 4.69) is 54.1 Å². The summed E-state index contributed by atoms with van der Waals surface area (Å²) in [5.74, 6) is 1.07. The topological polar surface area (TPSA) is 0 Å². The minimum absolute atomic E-state index is 1.07. The molecule has 0 aliphatic heterocycles. The predicted octanol–water partition coefficient (Wildman–Crippen LogP) is 3.96. The van der Waals surface area contributed by atoms with Crippen LogP contribution in [-0.2, 0) is 6.42 Å². The molecule has 0 amide bonds. The van der Waals surface area contributed by atoms with Crippen LogP contribution in [0.5, 0.6) is 0 Å². The summed E-state index contributed by atoms with van der Waals surface area (Å²) in [5, 5.41) is 2.64. The lowest BCUT2D eigenvalue weighted by molar-refractivity contribution is 1.17. The molecule has 0 fully saturated rings. The number of aryl methyl sites for hydroxylation is 1. The maximum atomic E-state index is 4.14. The van der Waals surface area contributed by atoms with E-state index in [1.54, 1.807) is 10.8 Å². The molecule has 0 spiro atoms. The Balaban J connectivity index is 2.32. The van der Waals surface area contributed by atoms with Crippen molar-refractivity contribution in [3.8, 4) is 0 Å². The highest BCUT2D eigenvalue weighted by Gasteiger charge is 1.95. The second-order valence-corrected chi connectivity index (χ2v) is 4.71. The zero-order chi connectivity index (χ0) is 9.80. The summed E-state index contributed by atoms with van der Waals surface area (Å²) in [6.45, 7) is 0. The van der Waals surface area contributed by atoms with E-state index >= 15 is 0 Å². The standard InChI is InChI=1S/C12H12S2/c13-14-8-7-10-5-6-11-3-1-2-4-12(11)9-10/h1-6,9,13H,7-8H2. The van der Waals surface area contributed by atoms with Crippen molar-refractivity contribution in [3.05, 3.63) is 48.0 Å². The van der Waals surface area contributed by atoms with E-state index < -0.39 is 0 Å². The van der Waals surface area contributed by atoms with Gasteiger partial charge in [-0.05, 0) is 22.8 Å². The molecule has 0 aliphatic carbocycles. The summed E-state index contributed by atoms with van der Waals surface area (Å²) in [4.78, 5) is 0. The first-order valence-electron chi connectivity index (χ1n) is 4.64. The molecule has 0 unspecified atom stereocenters. The fourth-order valence-corrected chi connectivity index (χ4v) is 2.16. The Kier molecular flexibility index (Phi) is 3.38. The van der Waals surface area contributed by atoms with Crippen LogP contribution in [0.25, 0.3) is 10.8 Å². The largest absolute Gasteiger partial charge is 0.111 e. The van der Waals surface area contributed by atoms with Gasteiger partial charge in [0.2, 0.25) is 0 Å². The highest BCUT2D eigenvalue weighted by atomic mass is 33.1. The summed E-state index contributed by atoms with van der Waals surface area (Å²) >= 11 is 4.14. The highest BCUT2D eigenvalue weighted by Crippen LogP contribution is 2.17. The normalized spacial score (nSPS) is 10.6. The zero-order valence-corrected chi connectivity index (χ0v) is 9.52. The average Bonchev–Trinajstić information content (AvgIpc) is 2.26. The van der Waals surface area contributed by atoms with Crippen LogP contribution in [0.1, 0.15) is 5.56 Å². The lowest BCUT2D eigenvalue weighted by Crippen LogP contribution is -1.86. The van der Waals surface area contributed by atoms with E-state index in [0.717, 1.165) is 12.2 Å². The van der Waals surface area contributed by atoms with Gasteiger partial charge in [-0.1, -0.05) is 53.3 Å². The van der Waals surface area contributed by atoms with Crippen LogP contribution >= 0.6 is 22.5 Å². The van der Waals surface area contributed by atoms with Crippen molar-refractivity contribution in [2.24, 2.45) is 0 Å². The van der Waals surface area contributed by atoms with Gasteiger partial charge in [-0.2, -0.15) is 0 Å². The highest BCUT2D eigenvalue weighted by molar-refractivity contribution is 8.68. The minimum Gasteiger partial charge on any atom is -0.111 e. The molecule has 0 N–H and O–H groups in total. The van der Waals surface area contributed by atoms with Gasteiger partial charge >= 0.3 is 0 Å². The van der Waals surface area contributed by atoms with Crippen molar-refractivity contribution in [1.82, 2.24) is 0 Å². The van der Waals surface area contributed by atoms with Crippen LogP contribution in [0.3, 0.4) is 0 Å². The molecule has 0 radical (unpaired) electrons. The summed E-state index contributed by atoms with van der Waals surface area (Å²) < 4.78 is 0. The van der Waals surface area contributed by atoms with E-state index in [1.807, 2.05) is 0 Å². The number of hydrogen-bond acceptors (Lipinski definition) is 2. The average molecular weight is 220 g/mol. The van der Waals surface area contributed by atoms with Gasteiger partial charge in [-0.3, -0.25) is 0 Å². The van der Waals surface area contributed by atoms with Crippen LogP contribution in [0.15, 0.2) is 42.5 Å². The molecule has 0 nitrogen and oxygen atoms in total. The molecule has 0 saturated carbocycles. The quantitative estimate of drug-likeness (QED) is 0.603. The van der Waals surface area contributed by atoms with Crippen LogP contribution in [0, 0.1) is 0 Å². The number of fused-ring (bicyclic) bond motifs is 1. The molecular weight excluding hydrogens is 208 g/mol. The summed E-state index contributed by atoms with van der Waals surface area (Å²) in [7, 11) is 1.60. The van der Waals surface area contributed by atoms with Crippen molar-refractivity contribution in [1.29, 1.82) is 0 Å². The minimum atomic E-state index is 1.07. The van der Waals surface area contributed by atoms with E-state index in [9.17, 15) is 0 Å². The van der Waals surface area contributed by atoms with Crippen molar-refractivity contribution in [2.75, 3.05) is 5.75 Å². The fourth-order valence-electron chi connectivity index (χ4n) is 1.56. The van der Waals surface area contributed by atoms with Gasteiger partial charge in [0.15, 0.2) is 0 Å². The van der Waals surface area contributed by atoms with Gasteiger partial charge in [0.25, 0.3) is 0 Å². The lowest BCUT2D eigenvalue weighted by atomic mass is 10.1. The molecular formula is C12H12S2. The number of rotatable bonds is 3. The molecule has 0 heterocycles. The van der Waals surface area contributed by atoms with Crippen LogP contribution in [0.2, 0.25) is 0 Å². The first-order chi connectivity index (χ1) is 6.90. The Morgan fingerprint density at radius 3 is 2.57 bits per heavy atom. The SMILES string of the molecule is SSCCc1ccc2ccccc2c1. The Bertz CT molecular complexity index is 423. The van der Waals surface area contributed by atoms with Crippen molar-refractivity contribution in [3.63, 3.8) is 0 Å². The fraction of sp³-hybridized carbons (Fsp3) is 0.167. The molecule has 2 rings (SSSR count). The van der Waals surface area contributed by atoms with Gasteiger partial charge in [0.1, 0.15) is 0 Å². The molecule has 2 aromatic carbocycles. The molecule has 0 bridgehead atoms. The zero-order valence-electron chi connectivity index (χ0n) is 7.81. The van der Waals surface area contributed by atoms with Crippen LogP contribution < -0.4 is 0 Å². The van der Waals surface area contributed by atoms with Gasteiger partial charge in [0.05, 0.1) is 0 Å². The molecule has 2 aromatic rings. The van der Waals surface area contributed by atoms with E-state index in [4.69, 9.17) is 0 Å². The van der Waals surface area contributed by atoms with Crippen molar-refractivity contribution in [2.45, 2.75) is 6.42 Å². The predicted molar refractivity (Wildman–Crippen MR) is 69.1 cm³/mol. The maximum absolute atomic E-state index is 4.14. The molecule has 0 aliphatic rings. The Labute approximate surface area is 93.5 Å². The second-order valence-electron chi connectivity index (χ2n) is 3.26. The first-order valence-corrected chi connectivity index (χ1v) is 6.68. The Hall–Kier alpha value is -0.600. The smallest absolute Gasteiger partial charge is 0.00750 e. The monoisotopic (exact) mass is 220 g/mol. The molecule has 14 heavy (non-hydrogen) atoms. The molecule has 72 valence electrons. The Morgan fingerprint density at radius 2 is 1.79 bits per heavy atom. The summed E-state index contributed by atoms with van der Waals surface area (Å²) in [6, 6.07) is 15.1. The van der Waals surface area contributed by atoms with Crippen LogP contribution in [-0.4, -0.2) is 5.75 Å². The van der Waals surface area contributed by atoms with Gasteiger partial charge in [-0.25, -0.2) is 0 Å². The maximum Gasteiger partial charge on any atom is 0.00750 e. The summed E-state index contributed by atoms with van der Waals surface area (Å²) in [5.41, 5.74) is 1.39. The van der Waals surface area contributed by atoms with Crippen molar-refractivity contribution >= 4 is 33.2 Å². The molecule has 0 atom stereocenters. The first kappa shape index (κ1) is 9.94. The number of benzene rings is 2. The van der Waals surface area contributed by atoms with Gasteiger partial charge in [-0.15, -0.1) is 11.7 Å². The Morgan fingerprint density at radius 1 is 1.00 bits per heavy atom. The van der Waals surface area contributed by atoms with E-state index in [0.29, 0.717) is 0 Å². The summed E-state index contributed by atoms with van der Waals surface area (Å²) in [6.07, 6.45) is 1.10. The number of hydrogen-bond donors (Lipinski definition) is 1. The number of thiol groups is 1. The third kappa shape index (κ3) is 2.25. The lowest BCUT2D eigenvalue weighted by Gasteiger charge is -2.02. The molecule has 0 aromatic heterocycles. The second kappa shape index (κ2) is 4.76. The van der Waals surface area contributed by atoms with Gasteiger partial charge in [0, 0.05) is 5.75 Å². The molecule has 0 saturated heterocycles.